The molecule has 1 aromatic rings. The first-order valence-corrected chi connectivity index (χ1v) is 9.92. The number of amides is 1. The van der Waals surface area contributed by atoms with Crippen LogP contribution in [0.2, 0.25) is 0 Å². The van der Waals surface area contributed by atoms with Crippen molar-refractivity contribution in [3.63, 3.8) is 0 Å². The molecule has 0 spiro atoms. The summed E-state index contributed by atoms with van der Waals surface area (Å²) in [4.78, 5) is 14.4. The second-order valence-electron chi connectivity index (χ2n) is 9.41. The van der Waals surface area contributed by atoms with Crippen LogP contribution in [0.15, 0.2) is 18.2 Å². The van der Waals surface area contributed by atoms with Gasteiger partial charge in [0.15, 0.2) is 0 Å². The van der Waals surface area contributed by atoms with E-state index >= 15 is 0 Å². The number of methoxy groups -OCH3 is 1. The van der Waals surface area contributed by atoms with Gasteiger partial charge in [-0.2, -0.15) is 0 Å². The number of aliphatic hydroxyl groups is 1. The molecule has 1 aliphatic heterocycles. The predicted octanol–water partition coefficient (Wildman–Crippen LogP) is 1.61. The molecule has 2 fully saturated rings. The van der Waals surface area contributed by atoms with Gasteiger partial charge in [0.05, 0.1) is 24.4 Å². The SMILES string of the molecule is COc1cc([B]OC(C)(C)C(C)(C)O)cc(N2CC(NC(=O)C3(C)CC3)C2)c1. The third-order valence-corrected chi connectivity index (χ3v) is 6.24. The summed E-state index contributed by atoms with van der Waals surface area (Å²) in [6, 6.07) is 6.10. The van der Waals surface area contributed by atoms with Crippen molar-refractivity contribution in [3.05, 3.63) is 18.2 Å². The molecule has 1 radical (unpaired) electrons. The van der Waals surface area contributed by atoms with Crippen LogP contribution in [0.25, 0.3) is 0 Å². The summed E-state index contributed by atoms with van der Waals surface area (Å²) in [7, 11) is 3.30. The fourth-order valence-electron chi connectivity index (χ4n) is 2.89. The van der Waals surface area contributed by atoms with Gasteiger partial charge in [-0.05, 0) is 58.1 Å². The Morgan fingerprint density at radius 2 is 1.89 bits per heavy atom. The number of benzene rings is 1. The summed E-state index contributed by atoms with van der Waals surface area (Å²) >= 11 is 0. The first kappa shape index (κ1) is 21.0. The van der Waals surface area contributed by atoms with E-state index in [1.54, 1.807) is 28.4 Å². The molecule has 7 heteroatoms. The Balaban J connectivity index is 1.61. The van der Waals surface area contributed by atoms with Gasteiger partial charge < -0.3 is 24.7 Å². The highest BCUT2D eigenvalue weighted by Crippen LogP contribution is 2.45. The van der Waals surface area contributed by atoms with Crippen molar-refractivity contribution in [1.29, 1.82) is 0 Å². The summed E-state index contributed by atoms with van der Waals surface area (Å²) in [6.45, 7) is 10.8. The lowest BCUT2D eigenvalue weighted by molar-refractivity contribution is -0.126. The lowest BCUT2D eigenvalue weighted by Crippen LogP contribution is -2.60. The number of nitrogens with one attached hydrogen (secondary N) is 1. The molecule has 153 valence electrons. The van der Waals surface area contributed by atoms with Crippen molar-refractivity contribution < 1.29 is 19.3 Å². The van der Waals surface area contributed by atoms with Gasteiger partial charge in [0.25, 0.3) is 0 Å². The molecule has 6 nitrogen and oxygen atoms in total. The number of anilines is 1. The number of carbonyl (C=O) groups is 1. The normalized spacial score (nSPS) is 19.0. The second-order valence-corrected chi connectivity index (χ2v) is 9.41. The van der Waals surface area contributed by atoms with Crippen LogP contribution in [0, 0.1) is 5.41 Å². The van der Waals surface area contributed by atoms with E-state index < -0.39 is 11.2 Å². The fraction of sp³-hybridized carbons (Fsp3) is 0.667. The molecular weight excluding hydrogens is 355 g/mol. The zero-order chi connectivity index (χ0) is 20.7. The molecule has 0 atom stereocenters. The van der Waals surface area contributed by atoms with Crippen LogP contribution in [0.4, 0.5) is 5.69 Å². The molecule has 1 saturated heterocycles. The Hall–Kier alpha value is -1.73. The standard InChI is InChI=1S/C21H32BN2O4/c1-19(2,26)20(3,4)28-22-14-9-16(11-17(10-14)27-6)24-12-15(13-24)23-18(25)21(5)7-8-21/h9-11,15,26H,7-8,12-13H2,1-6H3,(H,23,25). The zero-order valence-corrected chi connectivity index (χ0v) is 17.8. The van der Waals surface area contributed by atoms with Crippen molar-refractivity contribution >= 4 is 24.5 Å². The van der Waals surface area contributed by atoms with E-state index in [1.807, 2.05) is 39.0 Å². The van der Waals surface area contributed by atoms with Crippen molar-refractivity contribution in [2.45, 2.75) is 64.7 Å². The zero-order valence-electron chi connectivity index (χ0n) is 17.8. The van der Waals surface area contributed by atoms with Gasteiger partial charge >= 0.3 is 7.48 Å². The van der Waals surface area contributed by atoms with Crippen LogP contribution in [-0.2, 0) is 9.45 Å². The first-order chi connectivity index (χ1) is 12.9. The Morgan fingerprint density at radius 3 is 2.43 bits per heavy atom. The number of carbonyl (C=O) groups excluding carboxylic acids is 1. The Kier molecular flexibility index (Phi) is 5.45. The van der Waals surface area contributed by atoms with Gasteiger partial charge in [-0.15, -0.1) is 0 Å². The molecule has 28 heavy (non-hydrogen) atoms. The predicted molar refractivity (Wildman–Crippen MR) is 111 cm³/mol. The summed E-state index contributed by atoms with van der Waals surface area (Å²) in [5, 5.41) is 13.4. The van der Waals surface area contributed by atoms with Crippen molar-refractivity contribution in [3.8, 4) is 5.75 Å². The molecule has 1 amide bonds. The smallest absolute Gasteiger partial charge is 0.331 e. The molecule has 3 rings (SSSR count). The molecule has 2 N–H and O–H groups in total. The molecule has 1 aliphatic carbocycles. The second kappa shape index (κ2) is 7.27. The number of nitrogens with zero attached hydrogens (tertiary/aromatic N) is 1. The molecular formula is C21H32BN2O4. The van der Waals surface area contributed by atoms with E-state index in [1.165, 1.54) is 0 Å². The van der Waals surface area contributed by atoms with Crippen LogP contribution in [0.5, 0.6) is 5.75 Å². The summed E-state index contributed by atoms with van der Waals surface area (Å²) in [5.74, 6) is 0.922. The molecule has 0 bridgehead atoms. The van der Waals surface area contributed by atoms with Crippen LogP contribution < -0.4 is 20.4 Å². The largest absolute Gasteiger partial charge is 0.497 e. The Bertz CT molecular complexity index is 734. The summed E-state index contributed by atoms with van der Waals surface area (Å²) in [6.07, 6.45) is 1.98. The maximum atomic E-state index is 12.2. The van der Waals surface area contributed by atoms with Crippen LogP contribution >= 0.6 is 0 Å². The van der Waals surface area contributed by atoms with E-state index in [9.17, 15) is 9.90 Å². The number of hydrogen-bond acceptors (Lipinski definition) is 5. The third-order valence-electron chi connectivity index (χ3n) is 6.24. The number of rotatable bonds is 8. The molecule has 1 heterocycles. The van der Waals surface area contributed by atoms with Crippen molar-refractivity contribution in [1.82, 2.24) is 5.32 Å². The van der Waals surface area contributed by atoms with Gasteiger partial charge in [-0.25, -0.2) is 0 Å². The fourth-order valence-corrected chi connectivity index (χ4v) is 2.89. The van der Waals surface area contributed by atoms with E-state index in [0.29, 0.717) is 0 Å². The van der Waals surface area contributed by atoms with E-state index in [2.05, 4.69) is 10.2 Å². The highest BCUT2D eigenvalue weighted by molar-refractivity contribution is 6.47. The van der Waals surface area contributed by atoms with Gasteiger partial charge in [-0.1, -0.05) is 6.92 Å². The molecule has 1 saturated carbocycles. The highest BCUT2D eigenvalue weighted by Gasteiger charge is 2.46. The minimum absolute atomic E-state index is 0.136. The molecule has 2 aliphatic rings. The van der Waals surface area contributed by atoms with Gasteiger partial charge in [0.2, 0.25) is 5.91 Å². The average Bonchev–Trinajstić information content (AvgIpc) is 3.33. The van der Waals surface area contributed by atoms with Gasteiger partial charge in [0.1, 0.15) is 5.75 Å². The molecule has 0 aromatic heterocycles. The van der Waals surface area contributed by atoms with E-state index in [-0.39, 0.29) is 17.4 Å². The summed E-state index contributed by atoms with van der Waals surface area (Å²) < 4.78 is 11.3. The monoisotopic (exact) mass is 387 g/mol. The van der Waals surface area contributed by atoms with Crippen LogP contribution in [0.1, 0.15) is 47.5 Å². The van der Waals surface area contributed by atoms with Crippen molar-refractivity contribution in [2.24, 2.45) is 5.41 Å². The van der Waals surface area contributed by atoms with E-state index in [4.69, 9.17) is 9.39 Å². The quantitative estimate of drug-likeness (QED) is 0.664. The topological polar surface area (TPSA) is 71.0 Å². The third kappa shape index (κ3) is 4.46. The van der Waals surface area contributed by atoms with Gasteiger partial charge in [-0.3, -0.25) is 4.79 Å². The Labute approximate surface area is 168 Å². The minimum atomic E-state index is -0.980. The minimum Gasteiger partial charge on any atom is -0.497 e. The summed E-state index contributed by atoms with van der Waals surface area (Å²) in [5.41, 5.74) is 0.0412. The number of ether oxygens (including phenoxy) is 1. The van der Waals surface area contributed by atoms with E-state index in [0.717, 1.165) is 42.8 Å². The van der Waals surface area contributed by atoms with Gasteiger partial charge in [0, 0.05) is 30.3 Å². The van der Waals surface area contributed by atoms with Crippen LogP contribution in [-0.4, -0.2) is 55.9 Å². The lowest BCUT2D eigenvalue weighted by Gasteiger charge is -2.42. The lowest BCUT2D eigenvalue weighted by atomic mass is 9.82. The average molecular weight is 387 g/mol. The highest BCUT2D eigenvalue weighted by atomic mass is 16.5. The maximum Gasteiger partial charge on any atom is 0.331 e. The molecule has 1 aromatic carbocycles. The number of hydrogen-bond donors (Lipinski definition) is 2. The van der Waals surface area contributed by atoms with Crippen LogP contribution in [0.3, 0.4) is 0 Å². The van der Waals surface area contributed by atoms with Crippen molar-refractivity contribution in [2.75, 3.05) is 25.1 Å². The Morgan fingerprint density at radius 1 is 1.25 bits per heavy atom. The molecule has 0 unspecified atom stereocenters. The first-order valence-electron chi connectivity index (χ1n) is 9.92. The maximum absolute atomic E-state index is 12.2.